The zero-order valence-corrected chi connectivity index (χ0v) is 19.4. The molecule has 0 amide bonds. The molecule has 1 saturated heterocycles. The normalized spacial score (nSPS) is 18.0. The van der Waals surface area contributed by atoms with Crippen LogP contribution in [0.2, 0.25) is 0 Å². The Balaban J connectivity index is 1.41. The molecule has 1 atom stereocenters. The van der Waals surface area contributed by atoms with Gasteiger partial charge in [-0.25, -0.2) is 4.79 Å². The van der Waals surface area contributed by atoms with Crippen LogP contribution in [0.15, 0.2) is 67.1 Å². The molecular formula is C27H33NO6. The maximum absolute atomic E-state index is 13.3. The van der Waals surface area contributed by atoms with E-state index in [0.29, 0.717) is 36.0 Å². The highest BCUT2D eigenvalue weighted by molar-refractivity contribution is 5.85. The maximum Gasteiger partial charge on any atom is 0.347 e. The minimum absolute atomic E-state index is 0.208. The highest BCUT2D eigenvalue weighted by Gasteiger charge is 2.42. The van der Waals surface area contributed by atoms with Gasteiger partial charge < -0.3 is 29.4 Å². The van der Waals surface area contributed by atoms with Gasteiger partial charge in [0.2, 0.25) is 11.9 Å². The van der Waals surface area contributed by atoms with Gasteiger partial charge in [0.25, 0.3) is 0 Å². The molecule has 7 heteroatoms. The molecule has 7 nitrogen and oxygen atoms in total. The van der Waals surface area contributed by atoms with Crippen LogP contribution in [0.4, 0.5) is 0 Å². The summed E-state index contributed by atoms with van der Waals surface area (Å²) >= 11 is 0. The van der Waals surface area contributed by atoms with Crippen molar-refractivity contribution in [2.24, 2.45) is 5.92 Å². The number of hydrogen-bond donors (Lipinski definition) is 2. The minimum atomic E-state index is -1.92. The third-order valence-corrected chi connectivity index (χ3v) is 6.27. The monoisotopic (exact) mass is 467 g/mol. The van der Waals surface area contributed by atoms with Crippen molar-refractivity contribution in [3.05, 3.63) is 78.2 Å². The molecule has 1 fully saturated rings. The first-order valence-corrected chi connectivity index (χ1v) is 12.0. The fourth-order valence-electron chi connectivity index (χ4n) is 4.25. The van der Waals surface area contributed by atoms with Gasteiger partial charge in [-0.3, -0.25) is 0 Å². The number of piperidine rings is 1. The van der Waals surface area contributed by atoms with E-state index < -0.39 is 11.6 Å². The summed E-state index contributed by atoms with van der Waals surface area (Å²) in [6, 6.07) is 16.0. The molecule has 0 bridgehead atoms. The van der Waals surface area contributed by atoms with E-state index in [2.05, 4.69) is 5.32 Å². The predicted molar refractivity (Wildman–Crippen MR) is 127 cm³/mol. The predicted octanol–water partition coefficient (Wildman–Crippen LogP) is 3.86. The first kappa shape index (κ1) is 24.1. The summed E-state index contributed by atoms with van der Waals surface area (Å²) in [6.07, 6.45) is 7.31. The largest absolute Gasteiger partial charge is 0.494 e. The molecule has 2 N–H and O–H groups in total. The van der Waals surface area contributed by atoms with Crippen LogP contribution in [0.5, 0.6) is 5.75 Å². The molecule has 2 aromatic carbocycles. The average molecular weight is 468 g/mol. The summed E-state index contributed by atoms with van der Waals surface area (Å²) in [5.41, 5.74) is -1.03. The molecule has 0 spiro atoms. The van der Waals surface area contributed by atoms with Crippen LogP contribution in [0.25, 0.3) is 0 Å². The number of carbonyl (C=O) groups excluding carboxylic acids is 1. The number of benzene rings is 2. The zero-order valence-electron chi connectivity index (χ0n) is 19.4. The van der Waals surface area contributed by atoms with E-state index >= 15 is 0 Å². The highest BCUT2D eigenvalue weighted by atomic mass is 16.7. The molecular weight excluding hydrogens is 434 g/mol. The van der Waals surface area contributed by atoms with E-state index in [1.54, 1.807) is 55.0 Å². The number of unbranched alkanes of at least 4 members (excludes halogenated alkanes) is 1. The van der Waals surface area contributed by atoms with Crippen LogP contribution in [0, 0.1) is 5.92 Å². The first-order chi connectivity index (χ1) is 16.7. The molecule has 34 heavy (non-hydrogen) atoms. The third kappa shape index (κ3) is 6.10. The summed E-state index contributed by atoms with van der Waals surface area (Å²) in [5, 5.41) is 15.0. The fraction of sp³-hybridized carbons (Fsp3) is 0.444. The van der Waals surface area contributed by atoms with Crippen molar-refractivity contribution in [1.82, 2.24) is 5.32 Å². The Hall–Kier alpha value is -3.03. The third-order valence-electron chi connectivity index (χ3n) is 6.27. The number of aliphatic hydroxyl groups is 1. The standard InChI is InChI=1S/C27H33NO6/c29-26(34-20-21-12-14-28-15-13-21)27(30,22-7-2-1-3-8-22)23-9-6-10-24(19-23)31-16-5-4-11-25-32-17-18-33-25/h1-3,6-10,17-19,21,25,28,30H,4-5,11-16,20H2. The van der Waals surface area contributed by atoms with E-state index in [1.807, 2.05) is 12.1 Å². The number of esters is 1. The molecule has 0 aliphatic carbocycles. The smallest absolute Gasteiger partial charge is 0.347 e. The van der Waals surface area contributed by atoms with E-state index in [9.17, 15) is 9.90 Å². The Bertz CT molecular complexity index is 935. The van der Waals surface area contributed by atoms with E-state index in [4.69, 9.17) is 18.9 Å². The summed E-state index contributed by atoms with van der Waals surface area (Å²) in [7, 11) is 0. The van der Waals surface area contributed by atoms with E-state index in [1.165, 1.54) is 0 Å². The fourth-order valence-corrected chi connectivity index (χ4v) is 4.25. The van der Waals surface area contributed by atoms with Crippen molar-refractivity contribution in [3.63, 3.8) is 0 Å². The first-order valence-electron chi connectivity index (χ1n) is 12.0. The van der Waals surface area contributed by atoms with Crippen LogP contribution in [0.3, 0.4) is 0 Å². The van der Waals surface area contributed by atoms with Gasteiger partial charge in [-0.05, 0) is 62.4 Å². The highest BCUT2D eigenvalue weighted by Crippen LogP contribution is 2.33. The molecule has 0 saturated carbocycles. The van der Waals surface area contributed by atoms with Gasteiger partial charge in [0.05, 0.1) is 13.2 Å². The molecule has 0 aromatic heterocycles. The van der Waals surface area contributed by atoms with Crippen LogP contribution < -0.4 is 10.1 Å². The van der Waals surface area contributed by atoms with Gasteiger partial charge in [-0.2, -0.15) is 0 Å². The van der Waals surface area contributed by atoms with Crippen molar-refractivity contribution >= 4 is 5.97 Å². The second-order valence-corrected chi connectivity index (χ2v) is 8.71. The quantitative estimate of drug-likeness (QED) is 0.383. The Morgan fingerprint density at radius 2 is 1.74 bits per heavy atom. The molecule has 2 aromatic rings. The summed E-state index contributed by atoms with van der Waals surface area (Å²) in [4.78, 5) is 13.3. The number of nitrogens with one attached hydrogen (secondary N) is 1. The Morgan fingerprint density at radius 1 is 1.00 bits per heavy atom. The topological polar surface area (TPSA) is 86.3 Å². The molecule has 182 valence electrons. The van der Waals surface area contributed by atoms with Gasteiger partial charge in [0.1, 0.15) is 18.3 Å². The van der Waals surface area contributed by atoms with Gasteiger partial charge in [-0.1, -0.05) is 42.5 Å². The lowest BCUT2D eigenvalue weighted by molar-refractivity contribution is -0.163. The van der Waals surface area contributed by atoms with Gasteiger partial charge in [-0.15, -0.1) is 0 Å². The van der Waals surface area contributed by atoms with Crippen LogP contribution in [0.1, 0.15) is 43.2 Å². The number of rotatable bonds is 11. The van der Waals surface area contributed by atoms with Gasteiger partial charge >= 0.3 is 5.97 Å². The van der Waals surface area contributed by atoms with Crippen molar-refractivity contribution in [1.29, 1.82) is 0 Å². The van der Waals surface area contributed by atoms with Crippen LogP contribution in [-0.4, -0.2) is 43.7 Å². The molecule has 4 rings (SSSR count). The van der Waals surface area contributed by atoms with E-state index in [0.717, 1.165) is 45.2 Å². The van der Waals surface area contributed by atoms with Crippen molar-refractivity contribution < 1.29 is 28.8 Å². The number of hydrogen-bond acceptors (Lipinski definition) is 7. The van der Waals surface area contributed by atoms with Gasteiger partial charge in [0.15, 0.2) is 0 Å². The molecule has 2 heterocycles. The molecule has 2 aliphatic rings. The van der Waals surface area contributed by atoms with E-state index in [-0.39, 0.29) is 6.29 Å². The van der Waals surface area contributed by atoms with Crippen LogP contribution >= 0.6 is 0 Å². The van der Waals surface area contributed by atoms with Crippen molar-refractivity contribution in [2.45, 2.75) is 44.0 Å². The summed E-state index contributed by atoms with van der Waals surface area (Å²) in [5.74, 6) is 0.225. The lowest BCUT2D eigenvalue weighted by atomic mass is 9.86. The second-order valence-electron chi connectivity index (χ2n) is 8.71. The minimum Gasteiger partial charge on any atom is -0.494 e. The molecule has 1 unspecified atom stereocenters. The maximum atomic E-state index is 13.3. The van der Waals surface area contributed by atoms with Crippen LogP contribution in [-0.2, 0) is 24.6 Å². The average Bonchev–Trinajstić information content (AvgIpc) is 3.41. The number of ether oxygens (including phenoxy) is 4. The second kappa shape index (κ2) is 11.9. The summed E-state index contributed by atoms with van der Waals surface area (Å²) < 4.78 is 22.1. The Kier molecular flexibility index (Phi) is 8.44. The van der Waals surface area contributed by atoms with Crippen molar-refractivity contribution in [2.75, 3.05) is 26.3 Å². The molecule has 0 radical (unpaired) electrons. The summed E-state index contributed by atoms with van der Waals surface area (Å²) in [6.45, 7) is 2.65. The lowest BCUT2D eigenvalue weighted by Crippen LogP contribution is -2.40. The lowest BCUT2D eigenvalue weighted by Gasteiger charge is -2.29. The SMILES string of the molecule is O=C(OCC1CCNCC1)C(O)(c1ccccc1)c1cccc(OCCCCC2OC=CO2)c1. The Morgan fingerprint density at radius 3 is 2.50 bits per heavy atom. The Labute approximate surface area is 200 Å². The number of carbonyl (C=O) groups is 1. The van der Waals surface area contributed by atoms with Crippen molar-refractivity contribution in [3.8, 4) is 5.75 Å². The molecule has 2 aliphatic heterocycles. The zero-order chi connectivity index (χ0) is 23.6. The van der Waals surface area contributed by atoms with Gasteiger partial charge in [0, 0.05) is 12.0 Å².